The molecule has 1 aliphatic heterocycles. The highest BCUT2D eigenvalue weighted by Gasteiger charge is 2.45. The maximum atomic E-state index is 14.0. The molecule has 0 amide bonds. The highest BCUT2D eigenvalue weighted by atomic mass is 19.1. The first-order valence-corrected chi connectivity index (χ1v) is 5.83. The molecular formula is C10H12FN5O4. The van der Waals surface area contributed by atoms with Crippen molar-refractivity contribution in [3.8, 4) is 0 Å². The van der Waals surface area contributed by atoms with Crippen molar-refractivity contribution in [2.75, 3.05) is 12.3 Å². The smallest absolute Gasteiger partial charge is 0.280 e. The fourth-order valence-corrected chi connectivity index (χ4v) is 2.21. The van der Waals surface area contributed by atoms with Crippen molar-refractivity contribution < 1.29 is 19.3 Å². The minimum Gasteiger partial charge on any atom is -0.394 e. The number of aliphatic hydroxyl groups is 2. The molecule has 0 aromatic carbocycles. The molecule has 0 saturated carbocycles. The third-order valence-electron chi connectivity index (χ3n) is 3.20. The van der Waals surface area contributed by atoms with Gasteiger partial charge in [-0.15, -0.1) is 0 Å². The Hall–Kier alpha value is -2.04. The summed E-state index contributed by atoms with van der Waals surface area (Å²) in [6.07, 6.45) is -4.36. The van der Waals surface area contributed by atoms with Gasteiger partial charge in [0.25, 0.3) is 5.56 Å². The van der Waals surface area contributed by atoms with E-state index in [0.29, 0.717) is 0 Å². The van der Waals surface area contributed by atoms with E-state index in [2.05, 4.69) is 15.0 Å². The van der Waals surface area contributed by atoms with Crippen LogP contribution in [-0.4, -0.2) is 54.7 Å². The van der Waals surface area contributed by atoms with Crippen LogP contribution in [-0.2, 0) is 4.74 Å². The number of rotatable bonds is 2. The summed E-state index contributed by atoms with van der Waals surface area (Å²) in [5.74, 6) is -0.142. The van der Waals surface area contributed by atoms with E-state index in [1.165, 1.54) is 10.9 Å². The second-order valence-electron chi connectivity index (χ2n) is 4.46. The van der Waals surface area contributed by atoms with E-state index in [4.69, 9.17) is 15.6 Å². The number of aromatic amines is 1. The molecule has 2 aromatic heterocycles. The molecule has 3 heterocycles. The molecule has 20 heavy (non-hydrogen) atoms. The van der Waals surface area contributed by atoms with Crippen molar-refractivity contribution >= 4 is 17.1 Å². The number of anilines is 1. The Bertz CT molecular complexity index is 701. The second kappa shape index (κ2) is 4.51. The Kier molecular flexibility index (Phi) is 2.92. The maximum absolute atomic E-state index is 14.0. The van der Waals surface area contributed by atoms with Crippen LogP contribution >= 0.6 is 0 Å². The molecule has 3 rings (SSSR count). The number of aliphatic hydroxyl groups excluding tert-OH is 2. The third kappa shape index (κ3) is 1.77. The molecule has 1 fully saturated rings. The molecule has 5 N–H and O–H groups in total. The number of nitrogens with one attached hydrogen (secondary N) is 1. The van der Waals surface area contributed by atoms with Crippen molar-refractivity contribution in [2.45, 2.75) is 24.6 Å². The average molecular weight is 285 g/mol. The molecule has 108 valence electrons. The van der Waals surface area contributed by atoms with Gasteiger partial charge in [0, 0.05) is 0 Å². The van der Waals surface area contributed by atoms with Gasteiger partial charge in [-0.25, -0.2) is 9.37 Å². The zero-order valence-corrected chi connectivity index (χ0v) is 10.1. The first kappa shape index (κ1) is 13.0. The number of ether oxygens (including phenoxy) is 1. The first-order valence-electron chi connectivity index (χ1n) is 5.83. The molecule has 0 radical (unpaired) electrons. The number of halogens is 1. The van der Waals surface area contributed by atoms with Gasteiger partial charge in [0.2, 0.25) is 5.95 Å². The Morgan fingerprint density at radius 2 is 2.35 bits per heavy atom. The molecule has 1 unspecified atom stereocenters. The van der Waals surface area contributed by atoms with Gasteiger partial charge in [-0.3, -0.25) is 14.3 Å². The predicted octanol–water partition coefficient (Wildman–Crippen LogP) is -1.71. The largest absolute Gasteiger partial charge is 0.394 e. The number of H-pyrrole nitrogens is 1. The molecule has 0 spiro atoms. The van der Waals surface area contributed by atoms with Crippen LogP contribution in [0.4, 0.5) is 10.3 Å². The van der Waals surface area contributed by atoms with E-state index < -0.39 is 36.8 Å². The Labute approximate surface area is 110 Å². The van der Waals surface area contributed by atoms with Crippen LogP contribution in [0.5, 0.6) is 0 Å². The van der Waals surface area contributed by atoms with Gasteiger partial charge in [0.15, 0.2) is 23.6 Å². The molecule has 0 bridgehead atoms. The van der Waals surface area contributed by atoms with E-state index in [9.17, 15) is 14.3 Å². The Morgan fingerprint density at radius 1 is 1.60 bits per heavy atom. The fourth-order valence-electron chi connectivity index (χ4n) is 2.21. The monoisotopic (exact) mass is 285 g/mol. The highest BCUT2D eigenvalue weighted by molar-refractivity contribution is 5.70. The zero-order chi connectivity index (χ0) is 14.4. The molecule has 1 aliphatic rings. The summed E-state index contributed by atoms with van der Waals surface area (Å²) in [5, 5.41) is 18.6. The predicted molar refractivity (Wildman–Crippen MR) is 64.5 cm³/mol. The summed E-state index contributed by atoms with van der Waals surface area (Å²) < 4.78 is 20.4. The van der Waals surface area contributed by atoms with Gasteiger partial charge < -0.3 is 20.7 Å². The molecule has 1 saturated heterocycles. The van der Waals surface area contributed by atoms with Gasteiger partial charge >= 0.3 is 0 Å². The second-order valence-corrected chi connectivity index (χ2v) is 4.46. The summed E-state index contributed by atoms with van der Waals surface area (Å²) in [4.78, 5) is 21.6. The summed E-state index contributed by atoms with van der Waals surface area (Å²) in [6, 6.07) is 0. The molecule has 9 nitrogen and oxygen atoms in total. The first-order chi connectivity index (χ1) is 9.52. The molecular weight excluding hydrogens is 273 g/mol. The quantitative estimate of drug-likeness (QED) is 0.515. The Balaban J connectivity index is 2.09. The number of nitrogens with two attached hydrogens (primary N) is 1. The van der Waals surface area contributed by atoms with Crippen molar-refractivity contribution in [2.24, 2.45) is 0 Å². The summed E-state index contributed by atoms with van der Waals surface area (Å²) in [5.41, 5.74) is 4.91. The lowest BCUT2D eigenvalue weighted by atomic mass is 10.1. The number of nitrogen functional groups attached to an aromatic ring is 1. The van der Waals surface area contributed by atoms with Crippen LogP contribution in [0.2, 0.25) is 0 Å². The van der Waals surface area contributed by atoms with Crippen LogP contribution < -0.4 is 11.3 Å². The number of hydrogen-bond donors (Lipinski definition) is 4. The molecule has 4 atom stereocenters. The lowest BCUT2D eigenvalue weighted by Gasteiger charge is -2.14. The number of nitrogens with zero attached hydrogens (tertiary/aromatic N) is 3. The minimum absolute atomic E-state index is 0.0167. The van der Waals surface area contributed by atoms with Gasteiger partial charge in [-0.05, 0) is 0 Å². The average Bonchev–Trinajstić information content (AvgIpc) is 2.93. The van der Waals surface area contributed by atoms with E-state index in [-0.39, 0.29) is 17.1 Å². The maximum Gasteiger partial charge on any atom is 0.280 e. The highest BCUT2D eigenvalue weighted by Crippen LogP contribution is 2.32. The van der Waals surface area contributed by atoms with Gasteiger partial charge in [0.1, 0.15) is 12.2 Å². The van der Waals surface area contributed by atoms with Crippen LogP contribution in [0.25, 0.3) is 11.2 Å². The van der Waals surface area contributed by atoms with Crippen molar-refractivity contribution in [3.05, 3.63) is 16.7 Å². The van der Waals surface area contributed by atoms with Gasteiger partial charge in [-0.1, -0.05) is 0 Å². The van der Waals surface area contributed by atoms with Crippen LogP contribution in [0.1, 0.15) is 6.23 Å². The number of hydrogen-bond acceptors (Lipinski definition) is 7. The van der Waals surface area contributed by atoms with E-state index >= 15 is 0 Å². The summed E-state index contributed by atoms with van der Waals surface area (Å²) >= 11 is 0. The topological polar surface area (TPSA) is 139 Å². The SMILES string of the molecule is Nc1nc2c(ncn2[C@@H]2O[C@H](CO)C(O)[C@@H]2F)c(=O)[nH]1. The number of aromatic nitrogens is 4. The van der Waals surface area contributed by atoms with Crippen LogP contribution in [0.3, 0.4) is 0 Å². The van der Waals surface area contributed by atoms with E-state index in [0.717, 1.165) is 0 Å². The normalized spacial score (nSPS) is 30.1. The number of fused-ring (bicyclic) bond motifs is 1. The summed E-state index contributed by atoms with van der Waals surface area (Å²) in [6.45, 7) is -0.527. The van der Waals surface area contributed by atoms with Crippen molar-refractivity contribution in [3.63, 3.8) is 0 Å². The van der Waals surface area contributed by atoms with Gasteiger partial charge in [0.05, 0.1) is 12.9 Å². The lowest BCUT2D eigenvalue weighted by molar-refractivity contribution is -0.0459. The molecule has 10 heteroatoms. The van der Waals surface area contributed by atoms with Crippen LogP contribution in [0, 0.1) is 0 Å². The number of imidazole rings is 1. The summed E-state index contributed by atoms with van der Waals surface area (Å²) in [7, 11) is 0. The zero-order valence-electron chi connectivity index (χ0n) is 10.1. The number of alkyl halides is 1. The minimum atomic E-state index is -1.79. The van der Waals surface area contributed by atoms with Gasteiger partial charge in [-0.2, -0.15) is 4.98 Å². The van der Waals surface area contributed by atoms with Crippen molar-refractivity contribution in [1.82, 2.24) is 19.5 Å². The lowest BCUT2D eigenvalue weighted by Crippen LogP contribution is -2.30. The molecule has 2 aromatic rings. The van der Waals surface area contributed by atoms with Crippen LogP contribution in [0.15, 0.2) is 11.1 Å². The molecule has 0 aliphatic carbocycles. The Morgan fingerprint density at radius 3 is 3.00 bits per heavy atom. The third-order valence-corrected chi connectivity index (χ3v) is 3.20. The van der Waals surface area contributed by atoms with Crippen molar-refractivity contribution in [1.29, 1.82) is 0 Å². The van der Waals surface area contributed by atoms with E-state index in [1.807, 2.05) is 0 Å². The standard InChI is InChI=1S/C10H12FN5O4/c11-4-6(18)3(1-17)20-9(4)16-2-13-5-7(16)14-10(12)15-8(5)19/h2-4,6,9,17-18H,1H2,(H3,12,14,15,19)/t3-,4+,6?,9-/m1/s1. The fraction of sp³-hybridized carbons (Fsp3) is 0.500. The van der Waals surface area contributed by atoms with E-state index in [1.54, 1.807) is 0 Å².